The Morgan fingerprint density at radius 3 is 2.52 bits per heavy atom. The van der Waals surface area contributed by atoms with Crippen molar-refractivity contribution in [2.75, 3.05) is 0 Å². The summed E-state index contributed by atoms with van der Waals surface area (Å²) in [5.74, 6) is 1.38. The summed E-state index contributed by atoms with van der Waals surface area (Å²) in [7, 11) is 0. The van der Waals surface area contributed by atoms with Crippen LogP contribution in [0.3, 0.4) is 0 Å². The molecule has 0 aromatic heterocycles. The summed E-state index contributed by atoms with van der Waals surface area (Å²) in [6, 6.07) is 0.339. The number of fused-ring (bicyclic) bond motifs is 5. The first kappa shape index (κ1) is 15.5. The molecule has 4 fully saturated rings. The summed E-state index contributed by atoms with van der Waals surface area (Å²) in [6.07, 6.45) is 8.05. The van der Waals surface area contributed by atoms with Crippen molar-refractivity contribution in [3.63, 3.8) is 0 Å². The first-order valence-electron chi connectivity index (χ1n) is 9.38. The summed E-state index contributed by atoms with van der Waals surface area (Å²) in [5, 5.41) is 12.9. The Morgan fingerprint density at radius 1 is 1.04 bits per heavy atom. The van der Waals surface area contributed by atoms with Gasteiger partial charge < -0.3 is 10.4 Å². The van der Waals surface area contributed by atoms with Gasteiger partial charge in [0.15, 0.2) is 0 Å². The maximum Gasteiger partial charge on any atom is 0.307 e. The monoisotopic (exact) mass is 319 g/mol. The molecule has 3 aliphatic carbocycles. The number of carbonyl (C=O) groups is 2. The van der Waals surface area contributed by atoms with E-state index in [1.807, 2.05) is 0 Å². The maximum atomic E-state index is 11.8. The van der Waals surface area contributed by atoms with Crippen LogP contribution in [0.2, 0.25) is 0 Å². The van der Waals surface area contributed by atoms with Crippen molar-refractivity contribution >= 4 is 11.9 Å². The van der Waals surface area contributed by atoms with E-state index in [9.17, 15) is 14.7 Å². The Balaban J connectivity index is 1.63. The maximum absolute atomic E-state index is 11.8. The van der Waals surface area contributed by atoms with Crippen LogP contribution in [0.25, 0.3) is 0 Å². The highest BCUT2D eigenvalue weighted by Gasteiger charge is 2.61. The molecule has 1 aliphatic heterocycles. The molecule has 2 N–H and O–H groups in total. The molecule has 0 aromatic rings. The fourth-order valence-electron chi connectivity index (χ4n) is 7.11. The zero-order chi connectivity index (χ0) is 16.4. The van der Waals surface area contributed by atoms with Crippen LogP contribution in [-0.4, -0.2) is 23.0 Å². The average Bonchev–Trinajstić information content (AvgIpc) is 2.85. The van der Waals surface area contributed by atoms with Crippen molar-refractivity contribution < 1.29 is 14.7 Å². The highest BCUT2D eigenvalue weighted by molar-refractivity contribution is 5.77. The molecule has 7 atom stereocenters. The van der Waals surface area contributed by atoms with E-state index in [0.717, 1.165) is 44.9 Å². The molecule has 4 nitrogen and oxygen atoms in total. The lowest BCUT2D eigenvalue weighted by molar-refractivity contribution is -0.152. The summed E-state index contributed by atoms with van der Waals surface area (Å²) >= 11 is 0. The molecule has 4 heteroatoms. The molecule has 0 bridgehead atoms. The van der Waals surface area contributed by atoms with Gasteiger partial charge in [-0.2, -0.15) is 0 Å². The van der Waals surface area contributed by atoms with Crippen LogP contribution in [0.5, 0.6) is 0 Å². The number of carbonyl (C=O) groups excluding carboxylic acids is 1. The number of carboxylic acid groups (broad SMARTS) is 1. The van der Waals surface area contributed by atoms with E-state index in [2.05, 4.69) is 19.2 Å². The normalized spacial score (nSPS) is 52.1. The number of amides is 1. The van der Waals surface area contributed by atoms with Crippen LogP contribution in [0.15, 0.2) is 0 Å². The van der Waals surface area contributed by atoms with E-state index in [4.69, 9.17) is 0 Å². The summed E-state index contributed by atoms with van der Waals surface area (Å²) in [5.41, 5.74) is 0.216. The standard InChI is InChI=1S/C19H29NO3/c1-18-9-7-13-11(12(18)4-5-14(18)17(22)23)3-6-15-19(13,2)10-8-16(21)20-15/h11-15H,3-10H2,1-2H3,(H,20,21)(H,22,23)/t11?,12?,13?,14-,15?,18+,19-/m1/s1. The molecule has 4 aliphatic rings. The molecule has 0 aromatic carbocycles. The molecule has 0 spiro atoms. The third-order valence-electron chi connectivity index (χ3n) is 8.39. The van der Waals surface area contributed by atoms with Gasteiger partial charge in [0.1, 0.15) is 0 Å². The van der Waals surface area contributed by atoms with Crippen LogP contribution in [-0.2, 0) is 9.59 Å². The lowest BCUT2D eigenvalue weighted by Crippen LogP contribution is -2.61. The minimum atomic E-state index is -0.585. The number of nitrogens with one attached hydrogen (secondary N) is 1. The Labute approximate surface area is 138 Å². The molecular formula is C19H29NO3. The lowest BCUT2D eigenvalue weighted by atomic mass is 9.47. The molecule has 4 unspecified atom stereocenters. The molecular weight excluding hydrogens is 290 g/mol. The minimum absolute atomic E-state index is 0.00584. The largest absolute Gasteiger partial charge is 0.481 e. The van der Waals surface area contributed by atoms with Gasteiger partial charge in [0.05, 0.1) is 5.92 Å². The summed E-state index contributed by atoms with van der Waals surface area (Å²) in [4.78, 5) is 23.5. The van der Waals surface area contributed by atoms with E-state index >= 15 is 0 Å². The topological polar surface area (TPSA) is 66.4 Å². The SMILES string of the molecule is C[C@]12CCC(=O)NC1CCC1C2CC[C@@]2(C)C1CC[C@@H]2C(=O)O. The van der Waals surface area contributed by atoms with Crippen molar-refractivity contribution in [3.8, 4) is 0 Å². The predicted octanol–water partition coefficient (Wildman–Crippen LogP) is 3.21. The smallest absolute Gasteiger partial charge is 0.307 e. The molecule has 4 rings (SSSR count). The zero-order valence-corrected chi connectivity index (χ0v) is 14.3. The first-order chi connectivity index (χ1) is 10.9. The van der Waals surface area contributed by atoms with Crippen molar-refractivity contribution in [1.29, 1.82) is 0 Å². The molecule has 3 saturated carbocycles. The van der Waals surface area contributed by atoms with Gasteiger partial charge >= 0.3 is 5.97 Å². The van der Waals surface area contributed by atoms with Gasteiger partial charge in [-0.15, -0.1) is 0 Å². The van der Waals surface area contributed by atoms with E-state index in [0.29, 0.717) is 30.2 Å². The second-order valence-electron chi connectivity index (χ2n) is 9.09. The number of aliphatic carboxylic acids is 1. The molecule has 1 amide bonds. The van der Waals surface area contributed by atoms with Gasteiger partial charge in [-0.25, -0.2) is 0 Å². The Kier molecular flexibility index (Phi) is 3.34. The van der Waals surface area contributed by atoms with Crippen LogP contribution in [0.1, 0.15) is 65.2 Å². The van der Waals surface area contributed by atoms with E-state index in [1.54, 1.807) is 0 Å². The van der Waals surface area contributed by atoms with E-state index in [-0.39, 0.29) is 22.7 Å². The van der Waals surface area contributed by atoms with Crippen molar-refractivity contribution in [1.82, 2.24) is 5.32 Å². The van der Waals surface area contributed by atoms with Gasteiger partial charge in [0.2, 0.25) is 5.91 Å². The Morgan fingerprint density at radius 2 is 1.78 bits per heavy atom. The van der Waals surface area contributed by atoms with Crippen LogP contribution >= 0.6 is 0 Å². The second kappa shape index (κ2) is 4.97. The molecule has 0 radical (unpaired) electrons. The van der Waals surface area contributed by atoms with Crippen molar-refractivity contribution in [2.24, 2.45) is 34.5 Å². The van der Waals surface area contributed by atoms with Gasteiger partial charge in [-0.3, -0.25) is 9.59 Å². The molecule has 1 heterocycles. The highest BCUT2D eigenvalue weighted by atomic mass is 16.4. The number of rotatable bonds is 1. The Bertz CT molecular complexity index is 547. The number of piperidine rings is 1. The molecule has 128 valence electrons. The zero-order valence-electron chi connectivity index (χ0n) is 14.3. The molecule has 1 saturated heterocycles. The molecule has 23 heavy (non-hydrogen) atoms. The van der Waals surface area contributed by atoms with Gasteiger partial charge in [-0.1, -0.05) is 13.8 Å². The number of hydrogen-bond acceptors (Lipinski definition) is 2. The highest BCUT2D eigenvalue weighted by Crippen LogP contribution is 2.65. The minimum Gasteiger partial charge on any atom is -0.481 e. The van der Waals surface area contributed by atoms with Gasteiger partial charge in [-0.05, 0) is 73.5 Å². The van der Waals surface area contributed by atoms with Crippen LogP contribution in [0.4, 0.5) is 0 Å². The van der Waals surface area contributed by atoms with Gasteiger partial charge in [0, 0.05) is 12.5 Å². The first-order valence-corrected chi connectivity index (χ1v) is 9.38. The summed E-state index contributed by atoms with van der Waals surface area (Å²) < 4.78 is 0. The Hall–Kier alpha value is -1.06. The fourth-order valence-corrected chi connectivity index (χ4v) is 7.11. The van der Waals surface area contributed by atoms with E-state index < -0.39 is 5.97 Å². The van der Waals surface area contributed by atoms with Crippen molar-refractivity contribution in [3.05, 3.63) is 0 Å². The third-order valence-corrected chi connectivity index (χ3v) is 8.39. The number of carboxylic acids is 1. The quantitative estimate of drug-likeness (QED) is 0.780. The lowest BCUT2D eigenvalue weighted by Gasteiger charge is -2.60. The average molecular weight is 319 g/mol. The van der Waals surface area contributed by atoms with Crippen LogP contribution < -0.4 is 5.32 Å². The van der Waals surface area contributed by atoms with E-state index in [1.165, 1.54) is 0 Å². The third kappa shape index (κ3) is 2.02. The fraction of sp³-hybridized carbons (Fsp3) is 0.895. The van der Waals surface area contributed by atoms with Gasteiger partial charge in [0.25, 0.3) is 0 Å². The number of hydrogen-bond donors (Lipinski definition) is 2. The second-order valence-corrected chi connectivity index (χ2v) is 9.09. The van der Waals surface area contributed by atoms with Crippen LogP contribution in [0, 0.1) is 34.5 Å². The predicted molar refractivity (Wildman–Crippen MR) is 86.7 cm³/mol. The van der Waals surface area contributed by atoms with Crippen molar-refractivity contribution in [2.45, 2.75) is 71.3 Å². The summed E-state index contributed by atoms with van der Waals surface area (Å²) in [6.45, 7) is 4.64.